The monoisotopic (exact) mass is 397 g/mol. The Balaban J connectivity index is 1.51. The van der Waals surface area contributed by atoms with Gasteiger partial charge < -0.3 is 5.32 Å². The minimum atomic E-state index is -3.56. The molecule has 1 aliphatic heterocycles. The molecule has 1 saturated heterocycles. The molecule has 0 saturated carbocycles. The third-order valence-corrected chi connectivity index (χ3v) is 6.50. The fraction of sp³-hybridized carbons (Fsp3) is 0.211. The van der Waals surface area contributed by atoms with E-state index in [4.69, 9.17) is 0 Å². The highest BCUT2D eigenvalue weighted by Crippen LogP contribution is 2.22. The zero-order chi connectivity index (χ0) is 19.6. The van der Waals surface area contributed by atoms with E-state index in [-0.39, 0.29) is 10.8 Å². The molecule has 0 unspecified atom stereocenters. The standard InChI is InChI=1S/C19H19N5O3S/c25-19(22-16-6-8-17(9-7-16)24-14-20-13-21-24)15-4-3-5-18(12-15)28(26,27)23-10-1-2-11-23/h3-9,12-14H,1-2,10-11H2,(H,22,25). The first-order valence-electron chi connectivity index (χ1n) is 8.91. The van der Waals surface area contributed by atoms with Crippen LogP contribution in [0.5, 0.6) is 0 Å². The van der Waals surface area contributed by atoms with Crippen molar-refractivity contribution in [2.45, 2.75) is 17.7 Å². The zero-order valence-electron chi connectivity index (χ0n) is 15.0. The van der Waals surface area contributed by atoms with Crippen LogP contribution in [0.25, 0.3) is 5.69 Å². The van der Waals surface area contributed by atoms with Crippen LogP contribution in [0.3, 0.4) is 0 Å². The van der Waals surface area contributed by atoms with Crippen LogP contribution in [-0.4, -0.2) is 46.5 Å². The number of anilines is 1. The Hall–Kier alpha value is -3.04. The van der Waals surface area contributed by atoms with Gasteiger partial charge in [-0.1, -0.05) is 6.07 Å². The van der Waals surface area contributed by atoms with Crippen LogP contribution in [0.1, 0.15) is 23.2 Å². The van der Waals surface area contributed by atoms with Gasteiger partial charge in [-0.3, -0.25) is 4.79 Å². The van der Waals surface area contributed by atoms with E-state index in [9.17, 15) is 13.2 Å². The van der Waals surface area contributed by atoms with E-state index in [1.807, 2.05) is 0 Å². The average Bonchev–Trinajstić information content (AvgIpc) is 3.43. The second-order valence-corrected chi connectivity index (χ2v) is 8.42. The molecule has 9 heteroatoms. The number of nitrogens with one attached hydrogen (secondary N) is 1. The number of carbonyl (C=O) groups is 1. The maximum absolute atomic E-state index is 12.7. The number of nitrogens with zero attached hydrogens (tertiary/aromatic N) is 4. The summed E-state index contributed by atoms with van der Waals surface area (Å²) in [7, 11) is -3.56. The molecular formula is C19H19N5O3S. The molecule has 0 bridgehead atoms. The molecule has 0 aliphatic carbocycles. The minimum Gasteiger partial charge on any atom is -0.322 e. The lowest BCUT2D eigenvalue weighted by Crippen LogP contribution is -2.28. The second kappa shape index (κ2) is 7.53. The number of carbonyl (C=O) groups excluding carboxylic acids is 1. The summed E-state index contributed by atoms with van der Waals surface area (Å²) in [5, 5.41) is 6.83. The molecule has 2 heterocycles. The molecule has 0 atom stereocenters. The van der Waals surface area contributed by atoms with Crippen LogP contribution < -0.4 is 5.32 Å². The largest absolute Gasteiger partial charge is 0.322 e. The number of hydrogen-bond acceptors (Lipinski definition) is 5. The van der Waals surface area contributed by atoms with Gasteiger partial charge in [0.15, 0.2) is 0 Å². The van der Waals surface area contributed by atoms with Crippen molar-refractivity contribution in [1.82, 2.24) is 19.1 Å². The average molecular weight is 397 g/mol. The fourth-order valence-corrected chi connectivity index (χ4v) is 4.68. The third kappa shape index (κ3) is 3.67. The van der Waals surface area contributed by atoms with Crippen LogP contribution in [0.2, 0.25) is 0 Å². The maximum Gasteiger partial charge on any atom is 0.255 e. The van der Waals surface area contributed by atoms with E-state index < -0.39 is 10.0 Å². The van der Waals surface area contributed by atoms with Gasteiger partial charge in [0.2, 0.25) is 10.0 Å². The van der Waals surface area contributed by atoms with Gasteiger partial charge >= 0.3 is 0 Å². The molecule has 3 aromatic rings. The first-order valence-corrected chi connectivity index (χ1v) is 10.3. The molecule has 1 amide bonds. The predicted octanol–water partition coefficient (Wildman–Crippen LogP) is 2.30. The Morgan fingerprint density at radius 1 is 1.04 bits per heavy atom. The number of sulfonamides is 1. The number of benzene rings is 2. The summed E-state index contributed by atoms with van der Waals surface area (Å²) in [5.41, 5.74) is 1.71. The lowest BCUT2D eigenvalue weighted by molar-refractivity contribution is 0.102. The summed E-state index contributed by atoms with van der Waals surface area (Å²) in [6.45, 7) is 1.05. The third-order valence-electron chi connectivity index (χ3n) is 4.61. The van der Waals surface area contributed by atoms with Crippen molar-refractivity contribution in [2.24, 2.45) is 0 Å². The molecule has 8 nitrogen and oxygen atoms in total. The number of hydrogen-bond donors (Lipinski definition) is 1. The molecule has 4 rings (SSSR count). The van der Waals surface area contributed by atoms with Gasteiger partial charge in [0, 0.05) is 24.3 Å². The second-order valence-electron chi connectivity index (χ2n) is 6.48. The van der Waals surface area contributed by atoms with Gasteiger partial charge in [-0.15, -0.1) is 0 Å². The molecule has 1 fully saturated rings. The van der Waals surface area contributed by atoms with Gasteiger partial charge in [-0.05, 0) is 55.3 Å². The Labute approximate surface area is 162 Å². The molecule has 28 heavy (non-hydrogen) atoms. The van der Waals surface area contributed by atoms with Crippen molar-refractivity contribution >= 4 is 21.6 Å². The van der Waals surface area contributed by atoms with Crippen LogP contribution in [0, 0.1) is 0 Å². The van der Waals surface area contributed by atoms with E-state index >= 15 is 0 Å². The van der Waals surface area contributed by atoms with Crippen molar-refractivity contribution in [2.75, 3.05) is 18.4 Å². The van der Waals surface area contributed by atoms with Crippen molar-refractivity contribution < 1.29 is 13.2 Å². The van der Waals surface area contributed by atoms with Crippen LogP contribution in [-0.2, 0) is 10.0 Å². The van der Waals surface area contributed by atoms with Gasteiger partial charge in [-0.25, -0.2) is 18.1 Å². The first-order chi connectivity index (χ1) is 13.5. The molecule has 1 aliphatic rings. The maximum atomic E-state index is 12.7. The van der Waals surface area contributed by atoms with Crippen molar-refractivity contribution in [3.05, 3.63) is 66.7 Å². The molecule has 2 aromatic carbocycles. The van der Waals surface area contributed by atoms with Gasteiger partial charge in [0.1, 0.15) is 12.7 Å². The Kier molecular flexibility index (Phi) is 4.93. The lowest BCUT2D eigenvalue weighted by atomic mass is 10.2. The number of rotatable bonds is 5. The van der Waals surface area contributed by atoms with Crippen molar-refractivity contribution in [1.29, 1.82) is 0 Å². The summed E-state index contributed by atoms with van der Waals surface area (Å²) in [5.74, 6) is -0.369. The predicted molar refractivity (Wildman–Crippen MR) is 104 cm³/mol. The van der Waals surface area contributed by atoms with E-state index in [1.54, 1.807) is 47.4 Å². The van der Waals surface area contributed by atoms with Crippen molar-refractivity contribution in [3.63, 3.8) is 0 Å². The topological polar surface area (TPSA) is 97.2 Å². The molecule has 144 valence electrons. The van der Waals surface area contributed by atoms with Crippen molar-refractivity contribution in [3.8, 4) is 5.69 Å². The van der Waals surface area contributed by atoms with E-state index in [1.165, 1.54) is 22.8 Å². The quantitative estimate of drug-likeness (QED) is 0.712. The fourth-order valence-electron chi connectivity index (χ4n) is 3.12. The Morgan fingerprint density at radius 3 is 2.46 bits per heavy atom. The first kappa shape index (κ1) is 18.3. The summed E-state index contributed by atoms with van der Waals surface area (Å²) in [6, 6.07) is 13.2. The van der Waals surface area contributed by atoms with E-state index in [0.29, 0.717) is 24.3 Å². The van der Waals surface area contributed by atoms with Gasteiger partial charge in [0.05, 0.1) is 10.6 Å². The minimum absolute atomic E-state index is 0.142. The van der Waals surface area contributed by atoms with Gasteiger partial charge in [-0.2, -0.15) is 9.40 Å². The van der Waals surface area contributed by atoms with E-state index in [2.05, 4.69) is 15.4 Å². The smallest absolute Gasteiger partial charge is 0.255 e. The van der Waals surface area contributed by atoms with Crippen LogP contribution in [0.4, 0.5) is 5.69 Å². The molecule has 0 radical (unpaired) electrons. The summed E-state index contributed by atoms with van der Waals surface area (Å²) in [6.07, 6.45) is 4.76. The molecular weight excluding hydrogens is 378 g/mol. The SMILES string of the molecule is O=C(Nc1ccc(-n2cncn2)cc1)c1cccc(S(=O)(=O)N2CCCC2)c1. The van der Waals surface area contributed by atoms with Crippen LogP contribution >= 0.6 is 0 Å². The summed E-state index contributed by atoms with van der Waals surface area (Å²) < 4.78 is 28.5. The number of aromatic nitrogens is 3. The molecule has 0 spiro atoms. The zero-order valence-corrected chi connectivity index (χ0v) is 15.8. The Bertz CT molecular complexity index is 1070. The Morgan fingerprint density at radius 2 is 1.79 bits per heavy atom. The highest BCUT2D eigenvalue weighted by atomic mass is 32.2. The normalized spacial score (nSPS) is 14.9. The van der Waals surface area contributed by atoms with Gasteiger partial charge in [0.25, 0.3) is 5.91 Å². The summed E-state index contributed by atoms with van der Waals surface area (Å²) in [4.78, 5) is 16.6. The summed E-state index contributed by atoms with van der Waals surface area (Å²) >= 11 is 0. The lowest BCUT2D eigenvalue weighted by Gasteiger charge is -2.16. The van der Waals surface area contributed by atoms with E-state index in [0.717, 1.165) is 18.5 Å². The highest BCUT2D eigenvalue weighted by Gasteiger charge is 2.27. The number of amides is 1. The van der Waals surface area contributed by atoms with Crippen LogP contribution in [0.15, 0.2) is 66.1 Å². The molecule has 1 aromatic heterocycles. The highest BCUT2D eigenvalue weighted by molar-refractivity contribution is 7.89. The molecule has 1 N–H and O–H groups in total.